The standard InChI is InChI=1S/C16H15FO/c1-10-7-11(2)9-13(8-10)16(18)14-6-4-5-12(3)15(14)17/h4-9H,1-3H3. The van der Waals surface area contributed by atoms with Crippen LogP contribution in [-0.4, -0.2) is 5.78 Å². The molecule has 0 aliphatic rings. The molecule has 0 saturated heterocycles. The predicted octanol–water partition coefficient (Wildman–Crippen LogP) is 3.98. The van der Waals surface area contributed by atoms with Gasteiger partial charge in [0.15, 0.2) is 5.78 Å². The van der Waals surface area contributed by atoms with Crippen LogP contribution in [0.5, 0.6) is 0 Å². The maximum absolute atomic E-state index is 13.9. The average molecular weight is 242 g/mol. The van der Waals surface area contributed by atoms with Crippen LogP contribution in [0.4, 0.5) is 4.39 Å². The quantitative estimate of drug-likeness (QED) is 0.728. The fourth-order valence-corrected chi connectivity index (χ4v) is 2.08. The van der Waals surface area contributed by atoms with E-state index in [2.05, 4.69) is 0 Å². The lowest BCUT2D eigenvalue weighted by Gasteiger charge is -2.07. The van der Waals surface area contributed by atoms with E-state index in [1.54, 1.807) is 31.2 Å². The molecule has 0 atom stereocenters. The smallest absolute Gasteiger partial charge is 0.195 e. The molecule has 0 unspecified atom stereocenters. The molecule has 1 nitrogen and oxygen atoms in total. The SMILES string of the molecule is Cc1cc(C)cc(C(=O)c2cccc(C)c2F)c1. The second kappa shape index (κ2) is 4.73. The van der Waals surface area contributed by atoms with E-state index in [-0.39, 0.29) is 11.3 Å². The number of ketones is 1. The Morgan fingerprint density at radius 3 is 2.22 bits per heavy atom. The van der Waals surface area contributed by atoms with Gasteiger partial charge in [-0.2, -0.15) is 0 Å². The zero-order chi connectivity index (χ0) is 13.3. The molecule has 0 heterocycles. The van der Waals surface area contributed by atoms with Crippen molar-refractivity contribution in [2.24, 2.45) is 0 Å². The lowest BCUT2D eigenvalue weighted by atomic mass is 9.98. The summed E-state index contributed by atoms with van der Waals surface area (Å²) in [6, 6.07) is 10.5. The van der Waals surface area contributed by atoms with Crippen LogP contribution in [0, 0.1) is 26.6 Å². The van der Waals surface area contributed by atoms with Gasteiger partial charge in [0.1, 0.15) is 5.82 Å². The largest absolute Gasteiger partial charge is 0.288 e. The van der Waals surface area contributed by atoms with Gasteiger partial charge in [-0.05, 0) is 44.5 Å². The fraction of sp³-hybridized carbons (Fsp3) is 0.188. The van der Waals surface area contributed by atoms with Gasteiger partial charge in [-0.15, -0.1) is 0 Å². The number of aryl methyl sites for hydroxylation is 3. The van der Waals surface area contributed by atoms with Crippen LogP contribution in [0.3, 0.4) is 0 Å². The molecular formula is C16H15FO. The van der Waals surface area contributed by atoms with Gasteiger partial charge in [0.25, 0.3) is 0 Å². The summed E-state index contributed by atoms with van der Waals surface area (Å²) >= 11 is 0. The maximum atomic E-state index is 13.9. The van der Waals surface area contributed by atoms with Gasteiger partial charge >= 0.3 is 0 Å². The maximum Gasteiger partial charge on any atom is 0.195 e. The van der Waals surface area contributed by atoms with Crippen LogP contribution in [-0.2, 0) is 0 Å². The molecule has 0 N–H and O–H groups in total. The summed E-state index contributed by atoms with van der Waals surface area (Å²) in [4.78, 5) is 12.3. The minimum Gasteiger partial charge on any atom is -0.288 e. The average Bonchev–Trinajstić information content (AvgIpc) is 2.30. The molecule has 0 aliphatic heterocycles. The van der Waals surface area contributed by atoms with E-state index in [0.29, 0.717) is 11.1 Å². The first kappa shape index (κ1) is 12.5. The Balaban J connectivity index is 2.51. The van der Waals surface area contributed by atoms with Crippen molar-refractivity contribution in [1.82, 2.24) is 0 Å². The highest BCUT2D eigenvalue weighted by atomic mass is 19.1. The number of benzene rings is 2. The van der Waals surface area contributed by atoms with E-state index in [9.17, 15) is 9.18 Å². The summed E-state index contributed by atoms with van der Waals surface area (Å²) in [5.74, 6) is -0.690. The molecule has 0 fully saturated rings. The Morgan fingerprint density at radius 2 is 1.61 bits per heavy atom. The van der Waals surface area contributed by atoms with Gasteiger partial charge in [-0.1, -0.05) is 29.3 Å². The Labute approximate surface area is 106 Å². The van der Waals surface area contributed by atoms with E-state index in [4.69, 9.17) is 0 Å². The number of hydrogen-bond donors (Lipinski definition) is 0. The Hall–Kier alpha value is -1.96. The minimum atomic E-state index is -0.429. The molecule has 0 amide bonds. The van der Waals surface area contributed by atoms with Crippen molar-refractivity contribution in [2.75, 3.05) is 0 Å². The summed E-state index contributed by atoms with van der Waals surface area (Å²) in [5.41, 5.74) is 3.18. The first-order valence-corrected chi connectivity index (χ1v) is 5.87. The zero-order valence-corrected chi connectivity index (χ0v) is 10.8. The first-order chi connectivity index (χ1) is 8.49. The van der Waals surface area contributed by atoms with Crippen LogP contribution in [0.15, 0.2) is 36.4 Å². The molecule has 2 heteroatoms. The first-order valence-electron chi connectivity index (χ1n) is 5.87. The third-order valence-corrected chi connectivity index (χ3v) is 2.92. The lowest BCUT2D eigenvalue weighted by molar-refractivity contribution is 0.103. The van der Waals surface area contributed by atoms with Crippen molar-refractivity contribution in [1.29, 1.82) is 0 Å². The van der Waals surface area contributed by atoms with E-state index < -0.39 is 5.82 Å². The molecule has 18 heavy (non-hydrogen) atoms. The van der Waals surface area contributed by atoms with Crippen LogP contribution in [0.1, 0.15) is 32.6 Å². The van der Waals surface area contributed by atoms with Crippen molar-refractivity contribution in [3.05, 3.63) is 70.0 Å². The van der Waals surface area contributed by atoms with Crippen LogP contribution >= 0.6 is 0 Å². The van der Waals surface area contributed by atoms with Gasteiger partial charge < -0.3 is 0 Å². The Bertz CT molecular complexity index is 594. The van der Waals surface area contributed by atoms with Crippen LogP contribution in [0.2, 0.25) is 0 Å². The summed E-state index contributed by atoms with van der Waals surface area (Å²) in [6.45, 7) is 5.51. The lowest BCUT2D eigenvalue weighted by Crippen LogP contribution is -2.06. The molecule has 2 aromatic carbocycles. The van der Waals surface area contributed by atoms with Crippen molar-refractivity contribution in [3.63, 3.8) is 0 Å². The van der Waals surface area contributed by atoms with Crippen molar-refractivity contribution >= 4 is 5.78 Å². The second-order valence-corrected chi connectivity index (χ2v) is 4.64. The number of carbonyl (C=O) groups excluding carboxylic acids is 1. The van der Waals surface area contributed by atoms with E-state index in [1.807, 2.05) is 19.9 Å². The van der Waals surface area contributed by atoms with E-state index in [0.717, 1.165) is 11.1 Å². The number of carbonyl (C=O) groups is 1. The van der Waals surface area contributed by atoms with Gasteiger partial charge in [0.2, 0.25) is 0 Å². The fourth-order valence-electron chi connectivity index (χ4n) is 2.08. The Kier molecular flexibility index (Phi) is 3.28. The second-order valence-electron chi connectivity index (χ2n) is 4.64. The third-order valence-electron chi connectivity index (χ3n) is 2.92. The van der Waals surface area contributed by atoms with Gasteiger partial charge in [-0.25, -0.2) is 4.39 Å². The number of hydrogen-bond acceptors (Lipinski definition) is 1. The Morgan fingerprint density at radius 1 is 1.00 bits per heavy atom. The predicted molar refractivity (Wildman–Crippen MR) is 70.5 cm³/mol. The van der Waals surface area contributed by atoms with Gasteiger partial charge in [-0.3, -0.25) is 4.79 Å². The molecule has 2 aromatic rings. The highest BCUT2D eigenvalue weighted by Gasteiger charge is 2.15. The summed E-state index contributed by atoms with van der Waals surface area (Å²) < 4.78 is 13.9. The molecule has 92 valence electrons. The van der Waals surface area contributed by atoms with Crippen LogP contribution < -0.4 is 0 Å². The number of rotatable bonds is 2. The van der Waals surface area contributed by atoms with Crippen molar-refractivity contribution < 1.29 is 9.18 Å². The van der Waals surface area contributed by atoms with Crippen LogP contribution in [0.25, 0.3) is 0 Å². The third kappa shape index (κ3) is 2.33. The van der Waals surface area contributed by atoms with Crippen molar-refractivity contribution in [2.45, 2.75) is 20.8 Å². The van der Waals surface area contributed by atoms with E-state index in [1.165, 1.54) is 6.07 Å². The van der Waals surface area contributed by atoms with E-state index >= 15 is 0 Å². The highest BCUT2D eigenvalue weighted by Crippen LogP contribution is 2.18. The van der Waals surface area contributed by atoms with Gasteiger partial charge in [0.05, 0.1) is 5.56 Å². The van der Waals surface area contributed by atoms with Gasteiger partial charge in [0, 0.05) is 5.56 Å². The number of halogens is 1. The molecule has 2 rings (SSSR count). The molecule has 0 aliphatic carbocycles. The highest BCUT2D eigenvalue weighted by molar-refractivity contribution is 6.09. The summed E-state index contributed by atoms with van der Waals surface area (Å²) in [7, 11) is 0. The molecular weight excluding hydrogens is 227 g/mol. The summed E-state index contributed by atoms with van der Waals surface area (Å²) in [6.07, 6.45) is 0. The molecule has 0 radical (unpaired) electrons. The minimum absolute atomic E-state index is 0.139. The van der Waals surface area contributed by atoms with Crippen molar-refractivity contribution in [3.8, 4) is 0 Å². The molecule has 0 aromatic heterocycles. The topological polar surface area (TPSA) is 17.1 Å². The molecule has 0 saturated carbocycles. The summed E-state index contributed by atoms with van der Waals surface area (Å²) in [5, 5.41) is 0. The monoisotopic (exact) mass is 242 g/mol. The normalized spacial score (nSPS) is 10.4. The molecule has 0 bridgehead atoms. The zero-order valence-electron chi connectivity index (χ0n) is 10.8. The molecule has 0 spiro atoms.